The summed E-state index contributed by atoms with van der Waals surface area (Å²) >= 11 is 5.83. The van der Waals surface area contributed by atoms with Crippen LogP contribution in [-0.2, 0) is 11.2 Å². The smallest absolute Gasteiger partial charge is 0.224 e. The molecule has 0 aromatic heterocycles. The molecule has 0 aliphatic rings. The van der Waals surface area contributed by atoms with E-state index in [4.69, 9.17) is 21.1 Å². The Morgan fingerprint density at radius 3 is 2.30 bits per heavy atom. The summed E-state index contributed by atoms with van der Waals surface area (Å²) in [5.74, 6) is 1.48. The number of nitrogens with one attached hydrogen (secondary N) is 1. The van der Waals surface area contributed by atoms with Crippen molar-refractivity contribution in [3.8, 4) is 11.5 Å². The molecule has 0 spiro atoms. The predicted molar refractivity (Wildman–Crippen MR) is 91.2 cm³/mol. The normalized spacial score (nSPS) is 11.6. The summed E-state index contributed by atoms with van der Waals surface area (Å²) < 4.78 is 10.7. The number of carbonyl (C=O) groups excluding carboxylic acids is 1. The maximum Gasteiger partial charge on any atom is 0.224 e. The zero-order valence-electron chi connectivity index (χ0n) is 13.2. The minimum Gasteiger partial charge on any atom is -0.497 e. The van der Waals surface area contributed by atoms with E-state index >= 15 is 0 Å². The van der Waals surface area contributed by atoms with Gasteiger partial charge in [0.15, 0.2) is 0 Å². The third-order valence-corrected chi connectivity index (χ3v) is 3.50. The molecule has 0 bridgehead atoms. The van der Waals surface area contributed by atoms with Crippen LogP contribution in [0.2, 0.25) is 5.02 Å². The summed E-state index contributed by atoms with van der Waals surface area (Å²) in [6.07, 6.45) is 0.323. The number of hydrogen-bond acceptors (Lipinski definition) is 3. The molecule has 2 aromatic carbocycles. The van der Waals surface area contributed by atoms with Crippen molar-refractivity contribution in [2.24, 2.45) is 0 Å². The Labute approximate surface area is 141 Å². The minimum absolute atomic E-state index is 0.0434. The monoisotopic (exact) mass is 333 g/mol. The first-order valence-corrected chi connectivity index (χ1v) is 7.75. The Morgan fingerprint density at radius 1 is 1.09 bits per heavy atom. The number of hydrogen-bond donors (Lipinski definition) is 1. The van der Waals surface area contributed by atoms with Crippen LogP contribution in [0.3, 0.4) is 0 Å². The molecule has 2 rings (SSSR count). The van der Waals surface area contributed by atoms with E-state index < -0.39 is 0 Å². The van der Waals surface area contributed by atoms with Gasteiger partial charge in [-0.2, -0.15) is 0 Å². The van der Waals surface area contributed by atoms with Crippen LogP contribution in [0.25, 0.3) is 0 Å². The fourth-order valence-corrected chi connectivity index (χ4v) is 2.17. The highest BCUT2D eigenvalue weighted by Gasteiger charge is 2.09. The van der Waals surface area contributed by atoms with Gasteiger partial charge in [-0.15, -0.1) is 0 Å². The van der Waals surface area contributed by atoms with Crippen LogP contribution in [-0.4, -0.2) is 25.7 Å². The van der Waals surface area contributed by atoms with Crippen molar-refractivity contribution in [2.75, 3.05) is 13.7 Å². The maximum atomic E-state index is 12.0. The number of ether oxygens (including phenoxy) is 2. The molecule has 1 N–H and O–H groups in total. The third-order valence-electron chi connectivity index (χ3n) is 3.24. The Balaban J connectivity index is 1.75. The van der Waals surface area contributed by atoms with Gasteiger partial charge in [-0.1, -0.05) is 23.7 Å². The highest BCUT2D eigenvalue weighted by Crippen LogP contribution is 2.17. The molecule has 1 atom stereocenters. The topological polar surface area (TPSA) is 47.6 Å². The molecule has 0 saturated carbocycles. The molecule has 0 heterocycles. The van der Waals surface area contributed by atoms with Crippen LogP contribution >= 0.6 is 11.6 Å². The van der Waals surface area contributed by atoms with Crippen molar-refractivity contribution in [3.05, 3.63) is 59.1 Å². The van der Waals surface area contributed by atoms with Crippen molar-refractivity contribution in [2.45, 2.75) is 19.4 Å². The van der Waals surface area contributed by atoms with Crippen molar-refractivity contribution >= 4 is 17.5 Å². The van der Waals surface area contributed by atoms with E-state index in [0.29, 0.717) is 18.1 Å². The van der Waals surface area contributed by atoms with Crippen LogP contribution in [0, 0.1) is 0 Å². The first-order chi connectivity index (χ1) is 11.1. The van der Waals surface area contributed by atoms with Gasteiger partial charge in [0.1, 0.15) is 18.1 Å². The molecule has 0 fully saturated rings. The number of benzene rings is 2. The van der Waals surface area contributed by atoms with Gasteiger partial charge in [-0.3, -0.25) is 4.79 Å². The molecule has 5 heteroatoms. The quantitative estimate of drug-likeness (QED) is 0.844. The molecule has 0 unspecified atom stereocenters. The lowest BCUT2D eigenvalue weighted by Crippen LogP contribution is -2.37. The van der Waals surface area contributed by atoms with E-state index in [9.17, 15) is 4.79 Å². The van der Waals surface area contributed by atoms with Crippen molar-refractivity contribution < 1.29 is 14.3 Å². The Morgan fingerprint density at radius 2 is 1.70 bits per heavy atom. The summed E-state index contributed by atoms with van der Waals surface area (Å²) in [4.78, 5) is 12.0. The molecule has 0 saturated heterocycles. The van der Waals surface area contributed by atoms with Gasteiger partial charge < -0.3 is 14.8 Å². The zero-order valence-corrected chi connectivity index (χ0v) is 14.0. The van der Waals surface area contributed by atoms with Crippen molar-refractivity contribution in [3.63, 3.8) is 0 Å². The van der Waals surface area contributed by atoms with E-state index in [-0.39, 0.29) is 11.9 Å². The zero-order chi connectivity index (χ0) is 16.7. The van der Waals surface area contributed by atoms with Gasteiger partial charge in [-0.25, -0.2) is 0 Å². The molecule has 4 nitrogen and oxygen atoms in total. The second kappa shape index (κ2) is 8.44. The van der Waals surface area contributed by atoms with E-state index in [1.165, 1.54) is 0 Å². The third kappa shape index (κ3) is 5.83. The lowest BCUT2D eigenvalue weighted by molar-refractivity contribution is -0.121. The lowest BCUT2D eigenvalue weighted by Gasteiger charge is -2.15. The highest BCUT2D eigenvalue weighted by atomic mass is 35.5. The molecular weight excluding hydrogens is 314 g/mol. The van der Waals surface area contributed by atoms with Gasteiger partial charge in [0.2, 0.25) is 5.91 Å². The second-order valence-corrected chi connectivity index (χ2v) is 5.69. The molecule has 2 aromatic rings. The van der Waals surface area contributed by atoms with E-state index in [0.717, 1.165) is 17.1 Å². The van der Waals surface area contributed by atoms with Gasteiger partial charge in [0, 0.05) is 5.02 Å². The first-order valence-electron chi connectivity index (χ1n) is 7.37. The second-order valence-electron chi connectivity index (χ2n) is 5.26. The highest BCUT2D eigenvalue weighted by molar-refractivity contribution is 6.30. The summed E-state index contributed by atoms with van der Waals surface area (Å²) in [5, 5.41) is 3.58. The van der Waals surface area contributed by atoms with Crippen LogP contribution in [0.1, 0.15) is 12.5 Å². The standard InChI is InChI=1S/C18H20ClNO3/c1-13(12-23-17-9-7-16(22-2)8-10-17)20-18(21)11-14-3-5-15(19)6-4-14/h3-10,13H,11-12H2,1-2H3,(H,20,21)/t13-/m1/s1. The Hall–Kier alpha value is -2.20. The molecular formula is C18H20ClNO3. The molecule has 122 valence electrons. The van der Waals surface area contributed by atoms with E-state index in [1.807, 2.05) is 43.3 Å². The average molecular weight is 334 g/mol. The summed E-state index contributed by atoms with van der Waals surface area (Å²) in [6, 6.07) is 14.5. The summed E-state index contributed by atoms with van der Waals surface area (Å²) in [6.45, 7) is 2.31. The average Bonchev–Trinajstić information content (AvgIpc) is 2.55. The number of methoxy groups -OCH3 is 1. The summed E-state index contributed by atoms with van der Waals surface area (Å²) in [5.41, 5.74) is 0.926. The van der Waals surface area contributed by atoms with Gasteiger partial charge in [-0.05, 0) is 48.9 Å². The van der Waals surface area contributed by atoms with Crippen molar-refractivity contribution in [1.29, 1.82) is 0 Å². The van der Waals surface area contributed by atoms with E-state index in [1.54, 1.807) is 19.2 Å². The fourth-order valence-electron chi connectivity index (χ4n) is 2.05. The molecule has 23 heavy (non-hydrogen) atoms. The Bertz CT molecular complexity index is 626. The summed E-state index contributed by atoms with van der Waals surface area (Å²) in [7, 11) is 1.62. The van der Waals surface area contributed by atoms with E-state index in [2.05, 4.69) is 5.32 Å². The molecule has 0 aliphatic heterocycles. The number of carbonyl (C=O) groups is 1. The SMILES string of the molecule is COc1ccc(OC[C@@H](C)NC(=O)Cc2ccc(Cl)cc2)cc1. The van der Waals surface area contributed by atoms with Gasteiger partial charge in [0.25, 0.3) is 0 Å². The molecule has 1 amide bonds. The minimum atomic E-state index is -0.0862. The van der Waals surface area contributed by atoms with Crippen molar-refractivity contribution in [1.82, 2.24) is 5.32 Å². The number of halogens is 1. The predicted octanol–water partition coefficient (Wildman–Crippen LogP) is 3.47. The number of rotatable bonds is 7. The Kier molecular flexibility index (Phi) is 6.29. The number of amides is 1. The van der Waals surface area contributed by atoms with Crippen LogP contribution in [0.15, 0.2) is 48.5 Å². The van der Waals surface area contributed by atoms with Crippen LogP contribution in [0.5, 0.6) is 11.5 Å². The largest absolute Gasteiger partial charge is 0.497 e. The first kappa shape index (κ1) is 17.2. The molecule has 0 radical (unpaired) electrons. The molecule has 0 aliphatic carbocycles. The van der Waals surface area contributed by atoms with Gasteiger partial charge >= 0.3 is 0 Å². The van der Waals surface area contributed by atoms with Gasteiger partial charge in [0.05, 0.1) is 19.6 Å². The maximum absolute atomic E-state index is 12.0. The van der Waals surface area contributed by atoms with Crippen LogP contribution < -0.4 is 14.8 Å². The van der Waals surface area contributed by atoms with Crippen LogP contribution in [0.4, 0.5) is 0 Å². The lowest BCUT2D eigenvalue weighted by atomic mass is 10.1. The fraction of sp³-hybridized carbons (Fsp3) is 0.278.